The smallest absolute Gasteiger partial charge is 0.307 e. The van der Waals surface area contributed by atoms with Gasteiger partial charge in [0.15, 0.2) is 0 Å². The minimum atomic E-state index is -0.689. The summed E-state index contributed by atoms with van der Waals surface area (Å²) in [6.07, 6.45) is 1.70. The van der Waals surface area contributed by atoms with Crippen LogP contribution in [0, 0.1) is 5.92 Å². The van der Waals surface area contributed by atoms with Gasteiger partial charge in [-0.15, -0.1) is 0 Å². The number of nitrogens with zero attached hydrogens (tertiary/aromatic N) is 1. The van der Waals surface area contributed by atoms with Gasteiger partial charge in [0, 0.05) is 22.6 Å². The van der Waals surface area contributed by atoms with Crippen molar-refractivity contribution in [3.8, 4) is 5.75 Å². The molecule has 1 fully saturated rings. The minimum Gasteiger partial charge on any atom is -0.494 e. The molecule has 5 heteroatoms. The van der Waals surface area contributed by atoms with Crippen LogP contribution in [0.15, 0.2) is 22.7 Å². The molecule has 0 aliphatic carbocycles. The number of hydrogen-bond acceptors (Lipinski definition) is 3. The zero-order valence-electron chi connectivity index (χ0n) is 12.5. The average molecular weight is 356 g/mol. The number of ether oxygens (including phenoxy) is 1. The molecule has 1 aliphatic rings. The summed E-state index contributed by atoms with van der Waals surface area (Å²) in [5, 5.41) is 9.23. The first-order chi connectivity index (χ1) is 10.0. The molecule has 1 aliphatic heterocycles. The number of benzene rings is 1. The number of piperidine rings is 1. The maximum absolute atomic E-state index is 11.2. The lowest BCUT2D eigenvalue weighted by Crippen LogP contribution is -2.40. The van der Waals surface area contributed by atoms with E-state index >= 15 is 0 Å². The maximum atomic E-state index is 11.2. The third kappa shape index (κ3) is 3.98. The van der Waals surface area contributed by atoms with Crippen LogP contribution in [0.3, 0.4) is 0 Å². The Morgan fingerprint density at radius 1 is 1.57 bits per heavy atom. The zero-order chi connectivity index (χ0) is 15.4. The highest BCUT2D eigenvalue weighted by Gasteiger charge is 2.29. The first-order valence-electron chi connectivity index (χ1n) is 7.42. The standard InChI is InChI=1S/C16H22BrNO3/c1-3-21-15-7-6-13(17)9-14(15)11(2)18-8-4-5-12(10-18)16(19)20/h6-7,9,11-12H,3-5,8,10H2,1-2H3,(H,19,20). The fourth-order valence-corrected chi connectivity index (χ4v) is 3.27. The number of rotatable bonds is 5. The summed E-state index contributed by atoms with van der Waals surface area (Å²) in [5.41, 5.74) is 1.11. The number of carbonyl (C=O) groups is 1. The summed E-state index contributed by atoms with van der Waals surface area (Å²) in [7, 11) is 0. The Morgan fingerprint density at radius 2 is 2.33 bits per heavy atom. The molecule has 1 aromatic carbocycles. The maximum Gasteiger partial charge on any atom is 0.307 e. The van der Waals surface area contributed by atoms with E-state index < -0.39 is 5.97 Å². The van der Waals surface area contributed by atoms with E-state index in [9.17, 15) is 9.90 Å². The molecule has 0 bridgehead atoms. The van der Waals surface area contributed by atoms with Gasteiger partial charge in [0.05, 0.1) is 12.5 Å². The van der Waals surface area contributed by atoms with Gasteiger partial charge in [0.25, 0.3) is 0 Å². The largest absolute Gasteiger partial charge is 0.494 e. The molecule has 116 valence electrons. The topological polar surface area (TPSA) is 49.8 Å². The van der Waals surface area contributed by atoms with E-state index in [4.69, 9.17) is 4.74 Å². The fraction of sp³-hybridized carbons (Fsp3) is 0.562. The first-order valence-corrected chi connectivity index (χ1v) is 8.21. The second-order valence-corrected chi connectivity index (χ2v) is 6.38. The molecular formula is C16H22BrNO3. The van der Waals surface area contributed by atoms with Gasteiger partial charge >= 0.3 is 5.97 Å². The van der Waals surface area contributed by atoms with Crippen LogP contribution in [0.25, 0.3) is 0 Å². The Balaban J connectivity index is 2.20. The molecule has 2 atom stereocenters. The second-order valence-electron chi connectivity index (χ2n) is 5.46. The molecule has 4 nitrogen and oxygen atoms in total. The van der Waals surface area contributed by atoms with Crippen LogP contribution >= 0.6 is 15.9 Å². The molecule has 0 radical (unpaired) electrons. The molecule has 0 amide bonds. The van der Waals surface area contributed by atoms with Crippen LogP contribution in [-0.4, -0.2) is 35.7 Å². The summed E-state index contributed by atoms with van der Waals surface area (Å²) in [6.45, 7) is 6.25. The van der Waals surface area contributed by atoms with Gasteiger partial charge in [0.1, 0.15) is 5.75 Å². The van der Waals surface area contributed by atoms with Crippen LogP contribution in [0.5, 0.6) is 5.75 Å². The summed E-state index contributed by atoms with van der Waals surface area (Å²) in [5.74, 6) is -0.0688. The molecule has 0 saturated carbocycles. The van der Waals surface area contributed by atoms with E-state index in [-0.39, 0.29) is 12.0 Å². The summed E-state index contributed by atoms with van der Waals surface area (Å²) in [6, 6.07) is 6.15. The predicted molar refractivity (Wildman–Crippen MR) is 85.7 cm³/mol. The highest BCUT2D eigenvalue weighted by molar-refractivity contribution is 9.10. The predicted octanol–water partition coefficient (Wildman–Crippen LogP) is 3.71. The van der Waals surface area contributed by atoms with Crippen molar-refractivity contribution < 1.29 is 14.6 Å². The van der Waals surface area contributed by atoms with Crippen LogP contribution in [0.1, 0.15) is 38.3 Å². The van der Waals surface area contributed by atoms with E-state index in [1.807, 2.05) is 19.1 Å². The molecule has 0 spiro atoms. The van der Waals surface area contributed by atoms with Crippen LogP contribution in [0.4, 0.5) is 0 Å². The quantitative estimate of drug-likeness (QED) is 0.874. The summed E-state index contributed by atoms with van der Waals surface area (Å²) < 4.78 is 6.73. The average Bonchev–Trinajstić information content (AvgIpc) is 2.48. The van der Waals surface area contributed by atoms with E-state index in [1.54, 1.807) is 0 Å². The van der Waals surface area contributed by atoms with Crippen molar-refractivity contribution in [3.05, 3.63) is 28.2 Å². The minimum absolute atomic E-state index is 0.145. The molecule has 2 unspecified atom stereocenters. The Bertz CT molecular complexity index is 506. The molecule has 1 N–H and O–H groups in total. The molecule has 1 saturated heterocycles. The Kier molecular flexibility index (Phi) is 5.65. The molecule has 1 aromatic rings. The van der Waals surface area contributed by atoms with Crippen molar-refractivity contribution in [2.45, 2.75) is 32.7 Å². The molecular weight excluding hydrogens is 334 g/mol. The van der Waals surface area contributed by atoms with Crippen molar-refractivity contribution in [2.75, 3.05) is 19.7 Å². The zero-order valence-corrected chi connectivity index (χ0v) is 14.1. The van der Waals surface area contributed by atoms with Gasteiger partial charge in [-0.2, -0.15) is 0 Å². The van der Waals surface area contributed by atoms with Crippen molar-refractivity contribution >= 4 is 21.9 Å². The van der Waals surface area contributed by atoms with Gasteiger partial charge in [-0.05, 0) is 51.4 Å². The van der Waals surface area contributed by atoms with Gasteiger partial charge in [-0.3, -0.25) is 9.69 Å². The lowest BCUT2D eigenvalue weighted by Gasteiger charge is -2.36. The van der Waals surface area contributed by atoms with Gasteiger partial charge in [0.2, 0.25) is 0 Å². The third-order valence-corrected chi connectivity index (χ3v) is 4.56. The van der Waals surface area contributed by atoms with Gasteiger partial charge in [-0.25, -0.2) is 0 Å². The summed E-state index contributed by atoms with van der Waals surface area (Å²) in [4.78, 5) is 13.5. The fourth-order valence-electron chi connectivity index (χ4n) is 2.89. The highest BCUT2D eigenvalue weighted by Crippen LogP contribution is 2.34. The first kappa shape index (κ1) is 16.3. The second kappa shape index (κ2) is 7.27. The van der Waals surface area contributed by atoms with E-state index in [2.05, 4.69) is 33.8 Å². The molecule has 2 rings (SSSR count). The lowest BCUT2D eigenvalue weighted by atomic mass is 9.95. The lowest BCUT2D eigenvalue weighted by molar-refractivity contribution is -0.143. The number of aliphatic carboxylic acids is 1. The monoisotopic (exact) mass is 355 g/mol. The number of carboxylic acids is 1. The third-order valence-electron chi connectivity index (χ3n) is 4.07. The van der Waals surface area contributed by atoms with Crippen LogP contribution in [0.2, 0.25) is 0 Å². The molecule has 0 aromatic heterocycles. The molecule has 21 heavy (non-hydrogen) atoms. The SMILES string of the molecule is CCOc1ccc(Br)cc1C(C)N1CCCC(C(=O)O)C1. The van der Waals surface area contributed by atoms with Crippen molar-refractivity contribution in [1.29, 1.82) is 0 Å². The number of likely N-dealkylation sites (tertiary alicyclic amines) is 1. The Labute approximate surface area is 134 Å². The van der Waals surface area contributed by atoms with Gasteiger partial charge < -0.3 is 9.84 Å². The Morgan fingerprint density at radius 3 is 3.00 bits per heavy atom. The van der Waals surface area contributed by atoms with Crippen LogP contribution < -0.4 is 4.74 Å². The van der Waals surface area contributed by atoms with E-state index in [0.29, 0.717) is 13.2 Å². The van der Waals surface area contributed by atoms with E-state index in [0.717, 1.165) is 35.2 Å². The normalized spacial score (nSPS) is 21.0. The highest BCUT2D eigenvalue weighted by atomic mass is 79.9. The summed E-state index contributed by atoms with van der Waals surface area (Å²) >= 11 is 3.51. The molecule has 1 heterocycles. The van der Waals surface area contributed by atoms with E-state index in [1.165, 1.54) is 0 Å². The number of carboxylic acid groups (broad SMARTS) is 1. The van der Waals surface area contributed by atoms with Crippen LogP contribution in [-0.2, 0) is 4.79 Å². The van der Waals surface area contributed by atoms with Crippen molar-refractivity contribution in [3.63, 3.8) is 0 Å². The number of hydrogen-bond donors (Lipinski definition) is 1. The van der Waals surface area contributed by atoms with Gasteiger partial charge in [-0.1, -0.05) is 15.9 Å². The van der Waals surface area contributed by atoms with Crippen molar-refractivity contribution in [1.82, 2.24) is 4.90 Å². The number of halogens is 1. The Hall–Kier alpha value is -1.07. The van der Waals surface area contributed by atoms with Crippen molar-refractivity contribution in [2.24, 2.45) is 5.92 Å².